The van der Waals surface area contributed by atoms with Gasteiger partial charge in [0.2, 0.25) is 0 Å². The highest BCUT2D eigenvalue weighted by Gasteiger charge is 2.19. The van der Waals surface area contributed by atoms with Crippen LogP contribution < -0.4 is 0 Å². The van der Waals surface area contributed by atoms with E-state index in [0.29, 0.717) is 11.1 Å². The number of hydrogen-bond donors (Lipinski definition) is 0. The fourth-order valence-electron chi connectivity index (χ4n) is 1.63. The van der Waals surface area contributed by atoms with Crippen molar-refractivity contribution in [2.24, 2.45) is 0 Å². The quantitative estimate of drug-likeness (QED) is 0.606. The molecule has 0 saturated heterocycles. The van der Waals surface area contributed by atoms with Gasteiger partial charge in [-0.25, -0.2) is 8.78 Å². The van der Waals surface area contributed by atoms with E-state index in [2.05, 4.69) is 15.9 Å². The Morgan fingerprint density at radius 1 is 1.17 bits per heavy atom. The molecule has 0 aliphatic rings. The van der Waals surface area contributed by atoms with Gasteiger partial charge < -0.3 is 0 Å². The van der Waals surface area contributed by atoms with Gasteiger partial charge in [-0.3, -0.25) is 0 Å². The molecule has 1 atom stereocenters. The molecular weight excluding hydrogens is 342 g/mol. The Morgan fingerprint density at radius 2 is 1.83 bits per heavy atom. The number of hydrogen-bond acceptors (Lipinski definition) is 1. The van der Waals surface area contributed by atoms with Gasteiger partial charge in [0.15, 0.2) is 0 Å². The third-order valence-corrected chi connectivity index (χ3v) is 5.48. The van der Waals surface area contributed by atoms with E-state index in [0.717, 1.165) is 20.3 Å². The molecule has 1 aromatic heterocycles. The molecule has 18 heavy (non-hydrogen) atoms. The zero-order valence-corrected chi connectivity index (χ0v) is 12.9. The molecular formula is C13H10BrClF2S. The summed E-state index contributed by atoms with van der Waals surface area (Å²) < 4.78 is 27.9. The normalized spacial score (nSPS) is 12.8. The lowest BCUT2D eigenvalue weighted by Crippen LogP contribution is -1.98. The first-order chi connectivity index (χ1) is 8.40. The van der Waals surface area contributed by atoms with Gasteiger partial charge in [-0.2, -0.15) is 0 Å². The summed E-state index contributed by atoms with van der Waals surface area (Å²) in [6, 6.07) is 4.22. The second-order valence-corrected chi connectivity index (χ2v) is 6.62. The molecule has 2 rings (SSSR count). The van der Waals surface area contributed by atoms with Crippen LogP contribution in [0.3, 0.4) is 0 Å². The molecule has 0 spiro atoms. The lowest BCUT2D eigenvalue weighted by atomic mass is 10.1. The highest BCUT2D eigenvalue weighted by atomic mass is 79.9. The summed E-state index contributed by atoms with van der Waals surface area (Å²) in [7, 11) is 0. The molecule has 0 nitrogen and oxygen atoms in total. The zero-order valence-electron chi connectivity index (χ0n) is 9.73. The molecule has 0 N–H and O–H groups in total. The van der Waals surface area contributed by atoms with Gasteiger partial charge in [0.25, 0.3) is 0 Å². The Hall–Kier alpha value is -0.450. The van der Waals surface area contributed by atoms with Crippen LogP contribution in [0.4, 0.5) is 8.78 Å². The van der Waals surface area contributed by atoms with Crippen molar-refractivity contribution >= 4 is 38.9 Å². The summed E-state index contributed by atoms with van der Waals surface area (Å²) >= 11 is 11.2. The van der Waals surface area contributed by atoms with Crippen LogP contribution in [0, 0.1) is 25.5 Å². The molecule has 0 saturated carbocycles. The molecule has 0 aliphatic heterocycles. The van der Waals surface area contributed by atoms with Crippen LogP contribution in [0.5, 0.6) is 0 Å². The average Bonchev–Trinajstić information content (AvgIpc) is 2.63. The van der Waals surface area contributed by atoms with Crippen molar-refractivity contribution in [2.75, 3.05) is 0 Å². The lowest BCUT2D eigenvalue weighted by molar-refractivity contribution is 0.568. The lowest BCUT2D eigenvalue weighted by Gasteiger charge is -2.10. The largest absolute Gasteiger partial charge is 0.207 e. The van der Waals surface area contributed by atoms with Gasteiger partial charge >= 0.3 is 0 Å². The first kappa shape index (κ1) is 14.0. The molecule has 0 radical (unpaired) electrons. The fourth-order valence-corrected chi connectivity index (χ4v) is 3.56. The molecule has 2 aromatic rings. The second-order valence-electron chi connectivity index (χ2n) is 4.04. The van der Waals surface area contributed by atoms with Crippen molar-refractivity contribution in [3.8, 4) is 0 Å². The van der Waals surface area contributed by atoms with Crippen molar-refractivity contribution in [3.63, 3.8) is 0 Å². The average molecular weight is 352 g/mol. The van der Waals surface area contributed by atoms with Gasteiger partial charge in [-0.15, -0.1) is 22.9 Å². The summed E-state index contributed by atoms with van der Waals surface area (Å²) in [6.45, 7) is 3.55. The van der Waals surface area contributed by atoms with Crippen LogP contribution in [0.15, 0.2) is 22.7 Å². The first-order valence-electron chi connectivity index (χ1n) is 5.25. The standard InChI is InChI=1S/C13H10BrClF2S/c1-6-3-8(11(17)5-10(6)16)13(15)12-4-9(14)7(2)18-12/h3-5,13H,1-2H3. The van der Waals surface area contributed by atoms with Crippen LogP contribution in [-0.4, -0.2) is 0 Å². The summed E-state index contributed by atoms with van der Waals surface area (Å²) in [4.78, 5) is 1.92. The van der Waals surface area contributed by atoms with E-state index in [1.807, 2.05) is 13.0 Å². The Labute approximate surface area is 122 Å². The Balaban J connectivity index is 2.45. The van der Waals surface area contributed by atoms with E-state index in [1.165, 1.54) is 17.4 Å². The molecule has 5 heteroatoms. The molecule has 0 aliphatic carbocycles. The summed E-state index contributed by atoms with van der Waals surface area (Å²) in [5, 5.41) is -0.598. The van der Waals surface area contributed by atoms with Crippen LogP contribution in [0.2, 0.25) is 0 Å². The van der Waals surface area contributed by atoms with Crippen LogP contribution in [0.25, 0.3) is 0 Å². The number of alkyl halides is 1. The van der Waals surface area contributed by atoms with Crippen molar-refractivity contribution in [3.05, 3.63) is 55.2 Å². The van der Waals surface area contributed by atoms with Crippen molar-refractivity contribution in [2.45, 2.75) is 19.2 Å². The molecule has 96 valence electrons. The first-order valence-corrected chi connectivity index (χ1v) is 7.30. The van der Waals surface area contributed by atoms with Gasteiger partial charge in [0.1, 0.15) is 11.6 Å². The summed E-state index contributed by atoms with van der Waals surface area (Å²) in [6.07, 6.45) is 0. The van der Waals surface area contributed by atoms with E-state index in [9.17, 15) is 8.78 Å². The third kappa shape index (κ3) is 2.60. The monoisotopic (exact) mass is 350 g/mol. The molecule has 1 heterocycles. The van der Waals surface area contributed by atoms with E-state index in [-0.39, 0.29) is 0 Å². The second kappa shape index (κ2) is 5.27. The maximum Gasteiger partial charge on any atom is 0.131 e. The Bertz CT molecular complexity index is 575. The minimum Gasteiger partial charge on any atom is -0.207 e. The zero-order chi connectivity index (χ0) is 13.4. The van der Waals surface area contributed by atoms with E-state index in [1.54, 1.807) is 6.92 Å². The van der Waals surface area contributed by atoms with Crippen molar-refractivity contribution < 1.29 is 8.78 Å². The topological polar surface area (TPSA) is 0 Å². The molecule has 0 bridgehead atoms. The van der Waals surface area contributed by atoms with Crippen LogP contribution >= 0.6 is 38.9 Å². The number of rotatable bonds is 2. The SMILES string of the molecule is Cc1cc(C(Cl)c2cc(Br)c(C)s2)c(F)cc1F. The molecule has 1 aromatic carbocycles. The Kier molecular flexibility index (Phi) is 4.09. The van der Waals surface area contributed by atoms with Gasteiger partial charge in [0.05, 0.1) is 5.38 Å². The van der Waals surface area contributed by atoms with Crippen LogP contribution in [-0.2, 0) is 0 Å². The summed E-state index contributed by atoms with van der Waals surface area (Å²) in [5.74, 6) is -1.16. The maximum atomic E-state index is 13.7. The van der Waals surface area contributed by atoms with Crippen molar-refractivity contribution in [1.82, 2.24) is 0 Å². The van der Waals surface area contributed by atoms with E-state index < -0.39 is 17.0 Å². The summed E-state index contributed by atoms with van der Waals surface area (Å²) in [5.41, 5.74) is 0.703. The molecule has 1 unspecified atom stereocenters. The number of aryl methyl sites for hydroxylation is 2. The predicted octanol–water partition coefficient (Wildman–Crippen LogP) is 5.73. The maximum absolute atomic E-state index is 13.7. The third-order valence-electron chi connectivity index (χ3n) is 2.68. The highest BCUT2D eigenvalue weighted by Crippen LogP contribution is 2.38. The van der Waals surface area contributed by atoms with Gasteiger partial charge in [-0.05, 0) is 47.5 Å². The van der Waals surface area contributed by atoms with Gasteiger partial charge in [0, 0.05) is 25.9 Å². The minimum atomic E-state index is -0.611. The predicted molar refractivity (Wildman–Crippen MR) is 75.5 cm³/mol. The fraction of sp³-hybridized carbons (Fsp3) is 0.231. The van der Waals surface area contributed by atoms with Crippen molar-refractivity contribution in [1.29, 1.82) is 0 Å². The van der Waals surface area contributed by atoms with E-state index >= 15 is 0 Å². The number of halogens is 4. The van der Waals surface area contributed by atoms with Crippen LogP contribution in [0.1, 0.15) is 26.3 Å². The minimum absolute atomic E-state index is 0.310. The Morgan fingerprint density at radius 3 is 2.39 bits per heavy atom. The molecule has 0 amide bonds. The number of benzene rings is 1. The molecule has 0 fully saturated rings. The number of thiophene rings is 1. The van der Waals surface area contributed by atoms with E-state index in [4.69, 9.17) is 11.6 Å². The highest BCUT2D eigenvalue weighted by molar-refractivity contribution is 9.10. The smallest absolute Gasteiger partial charge is 0.131 e. The van der Waals surface area contributed by atoms with Gasteiger partial charge in [-0.1, -0.05) is 0 Å².